The average Bonchev–Trinajstić information content (AvgIpc) is 3.35. The number of carbonyl (C=O) groups excluding carboxylic acids is 1. The third-order valence-electron chi connectivity index (χ3n) is 5.57. The van der Waals surface area contributed by atoms with E-state index in [1.807, 2.05) is 60.8 Å². The normalized spacial score (nSPS) is 11.4. The molecule has 0 fully saturated rings. The van der Waals surface area contributed by atoms with Gasteiger partial charge in [0.25, 0.3) is 0 Å². The molecule has 0 radical (unpaired) electrons. The minimum atomic E-state index is -4.15. The van der Waals surface area contributed by atoms with E-state index in [-0.39, 0.29) is 17.2 Å². The molecule has 1 aromatic heterocycles. The van der Waals surface area contributed by atoms with Crippen LogP contribution in [0.3, 0.4) is 0 Å². The maximum atomic E-state index is 13.8. The summed E-state index contributed by atoms with van der Waals surface area (Å²) in [7, 11) is -1.30. The number of nitrogens with zero attached hydrogens (tertiary/aromatic N) is 2. The lowest BCUT2D eigenvalue weighted by Crippen LogP contribution is -2.37. The van der Waals surface area contributed by atoms with Crippen molar-refractivity contribution in [3.63, 3.8) is 0 Å². The van der Waals surface area contributed by atoms with Gasteiger partial charge in [-0.15, -0.1) is 11.3 Å². The molecule has 192 valence electrons. The molecule has 0 unspecified atom stereocenters. The number of nitrogens with one attached hydrogen (secondary N) is 1. The Balaban J connectivity index is 1.62. The van der Waals surface area contributed by atoms with E-state index in [0.717, 1.165) is 26.1 Å². The van der Waals surface area contributed by atoms with E-state index in [2.05, 4.69) is 10.3 Å². The molecule has 0 saturated heterocycles. The van der Waals surface area contributed by atoms with Crippen LogP contribution in [0.2, 0.25) is 0 Å². The molecule has 1 amide bonds. The van der Waals surface area contributed by atoms with Crippen molar-refractivity contribution in [1.82, 2.24) is 9.29 Å². The molecule has 4 aromatic rings. The van der Waals surface area contributed by atoms with Gasteiger partial charge < -0.3 is 14.8 Å². The van der Waals surface area contributed by atoms with Crippen LogP contribution >= 0.6 is 11.3 Å². The molecule has 0 aliphatic carbocycles. The van der Waals surface area contributed by atoms with Crippen molar-refractivity contribution < 1.29 is 22.7 Å². The number of ether oxygens (including phenoxy) is 2. The highest BCUT2D eigenvalue weighted by molar-refractivity contribution is 7.89. The van der Waals surface area contributed by atoms with Gasteiger partial charge in [-0.05, 0) is 36.8 Å². The standard InChI is InChI=1S/C27H27N3O5S2/c1-19-28-24(18-36-19)21-10-7-11-22(14-21)29-27(31)17-30(16-20-8-5-4-6-9-20)37(32,33)26-15-23(34-2)12-13-25(26)35-3/h4-15,18H,16-17H2,1-3H3,(H,29,31). The Morgan fingerprint density at radius 1 is 1.00 bits per heavy atom. The highest BCUT2D eigenvalue weighted by atomic mass is 32.2. The lowest BCUT2D eigenvalue weighted by Gasteiger charge is -2.23. The van der Waals surface area contributed by atoms with Crippen LogP contribution in [0.5, 0.6) is 11.5 Å². The van der Waals surface area contributed by atoms with Crippen LogP contribution < -0.4 is 14.8 Å². The minimum Gasteiger partial charge on any atom is -0.497 e. The summed E-state index contributed by atoms with van der Waals surface area (Å²) in [5.41, 5.74) is 2.96. The van der Waals surface area contributed by atoms with Crippen LogP contribution in [0, 0.1) is 6.92 Å². The predicted octanol–water partition coefficient (Wildman–Crippen LogP) is 4.97. The van der Waals surface area contributed by atoms with E-state index < -0.39 is 22.5 Å². The van der Waals surface area contributed by atoms with Gasteiger partial charge in [0.05, 0.1) is 31.5 Å². The van der Waals surface area contributed by atoms with Gasteiger partial charge in [0.1, 0.15) is 16.4 Å². The van der Waals surface area contributed by atoms with Gasteiger partial charge in [-0.3, -0.25) is 4.79 Å². The van der Waals surface area contributed by atoms with Crippen molar-refractivity contribution in [2.45, 2.75) is 18.4 Å². The zero-order chi connectivity index (χ0) is 26.4. The molecule has 37 heavy (non-hydrogen) atoms. The van der Waals surface area contributed by atoms with Crippen LogP contribution in [0.1, 0.15) is 10.6 Å². The molecule has 0 aliphatic heterocycles. The summed E-state index contributed by atoms with van der Waals surface area (Å²) in [6.45, 7) is 1.52. The van der Waals surface area contributed by atoms with Gasteiger partial charge in [0, 0.05) is 29.2 Å². The number of sulfonamides is 1. The Morgan fingerprint density at radius 3 is 2.46 bits per heavy atom. The molecule has 10 heteroatoms. The quantitative estimate of drug-likeness (QED) is 0.307. The number of aromatic nitrogens is 1. The van der Waals surface area contributed by atoms with Crippen LogP contribution in [0.4, 0.5) is 5.69 Å². The number of benzene rings is 3. The van der Waals surface area contributed by atoms with Gasteiger partial charge in [-0.1, -0.05) is 42.5 Å². The number of aryl methyl sites for hydroxylation is 1. The fourth-order valence-electron chi connectivity index (χ4n) is 3.75. The maximum absolute atomic E-state index is 13.8. The first kappa shape index (κ1) is 26.3. The lowest BCUT2D eigenvalue weighted by atomic mass is 10.1. The molecule has 4 rings (SSSR count). The van der Waals surface area contributed by atoms with E-state index in [4.69, 9.17) is 9.47 Å². The summed E-state index contributed by atoms with van der Waals surface area (Å²) in [4.78, 5) is 17.5. The van der Waals surface area contributed by atoms with Gasteiger partial charge >= 0.3 is 0 Å². The molecule has 3 aromatic carbocycles. The Kier molecular flexibility index (Phi) is 8.22. The Morgan fingerprint density at radius 2 is 1.78 bits per heavy atom. The van der Waals surface area contributed by atoms with Gasteiger partial charge in [0.15, 0.2) is 0 Å². The molecule has 0 saturated carbocycles. The van der Waals surface area contributed by atoms with E-state index in [1.165, 1.54) is 26.4 Å². The number of anilines is 1. The first-order valence-corrected chi connectivity index (χ1v) is 13.7. The van der Waals surface area contributed by atoms with Crippen molar-refractivity contribution in [3.05, 3.63) is 88.7 Å². The second kappa shape index (κ2) is 11.5. The van der Waals surface area contributed by atoms with Crippen LogP contribution in [-0.4, -0.2) is 44.4 Å². The van der Waals surface area contributed by atoms with E-state index in [9.17, 15) is 13.2 Å². The summed E-state index contributed by atoms with van der Waals surface area (Å²) in [6.07, 6.45) is 0. The Labute approximate surface area is 220 Å². The molecule has 0 atom stereocenters. The number of hydrogen-bond acceptors (Lipinski definition) is 7. The fraction of sp³-hybridized carbons (Fsp3) is 0.185. The van der Waals surface area contributed by atoms with Gasteiger partial charge in [0.2, 0.25) is 15.9 Å². The summed E-state index contributed by atoms with van der Waals surface area (Å²) < 4.78 is 39.3. The van der Waals surface area contributed by atoms with Crippen molar-refractivity contribution in [2.24, 2.45) is 0 Å². The zero-order valence-corrected chi connectivity index (χ0v) is 22.3. The molecule has 0 aliphatic rings. The highest BCUT2D eigenvalue weighted by Crippen LogP contribution is 2.31. The van der Waals surface area contributed by atoms with E-state index in [0.29, 0.717) is 11.4 Å². The van der Waals surface area contributed by atoms with Crippen LogP contribution in [0.25, 0.3) is 11.3 Å². The van der Waals surface area contributed by atoms with Crippen molar-refractivity contribution in [1.29, 1.82) is 0 Å². The van der Waals surface area contributed by atoms with Crippen molar-refractivity contribution in [3.8, 4) is 22.8 Å². The maximum Gasteiger partial charge on any atom is 0.247 e. The number of thiazole rings is 1. The highest BCUT2D eigenvalue weighted by Gasteiger charge is 2.30. The smallest absolute Gasteiger partial charge is 0.247 e. The number of amides is 1. The van der Waals surface area contributed by atoms with E-state index in [1.54, 1.807) is 23.5 Å². The number of carbonyl (C=O) groups is 1. The molecule has 1 heterocycles. The molecule has 1 N–H and O–H groups in total. The van der Waals surface area contributed by atoms with E-state index >= 15 is 0 Å². The molecule has 0 bridgehead atoms. The second-order valence-corrected chi connectivity index (χ2v) is 11.1. The number of hydrogen-bond donors (Lipinski definition) is 1. The van der Waals surface area contributed by atoms with Gasteiger partial charge in [-0.2, -0.15) is 4.31 Å². The summed E-state index contributed by atoms with van der Waals surface area (Å²) >= 11 is 1.54. The Bertz CT molecular complexity index is 1490. The molecular weight excluding hydrogens is 510 g/mol. The monoisotopic (exact) mass is 537 g/mol. The molecule has 0 spiro atoms. The fourth-order valence-corrected chi connectivity index (χ4v) is 5.93. The third kappa shape index (κ3) is 6.34. The largest absolute Gasteiger partial charge is 0.497 e. The summed E-state index contributed by atoms with van der Waals surface area (Å²) in [5.74, 6) is 0.0380. The van der Waals surface area contributed by atoms with Crippen LogP contribution in [0.15, 0.2) is 83.1 Å². The number of rotatable bonds is 10. The predicted molar refractivity (Wildman–Crippen MR) is 145 cm³/mol. The minimum absolute atomic E-state index is 0.00486. The average molecular weight is 538 g/mol. The summed E-state index contributed by atoms with van der Waals surface area (Å²) in [5, 5.41) is 5.72. The molecule has 8 nitrogen and oxygen atoms in total. The topological polar surface area (TPSA) is 97.8 Å². The number of methoxy groups -OCH3 is 2. The first-order valence-electron chi connectivity index (χ1n) is 11.4. The van der Waals surface area contributed by atoms with Crippen molar-refractivity contribution >= 4 is 33.0 Å². The van der Waals surface area contributed by atoms with Gasteiger partial charge in [-0.25, -0.2) is 13.4 Å². The zero-order valence-electron chi connectivity index (χ0n) is 20.7. The van der Waals surface area contributed by atoms with Crippen LogP contribution in [-0.2, 0) is 21.4 Å². The summed E-state index contributed by atoms with van der Waals surface area (Å²) in [6, 6.07) is 20.9. The SMILES string of the molecule is COc1ccc(OC)c(S(=O)(=O)N(CC(=O)Nc2cccc(-c3csc(C)n3)c2)Cc2ccccc2)c1. The first-order chi connectivity index (χ1) is 17.8. The molecular formula is C27H27N3O5S2. The Hall–Kier alpha value is -3.73. The lowest BCUT2D eigenvalue weighted by molar-refractivity contribution is -0.116. The van der Waals surface area contributed by atoms with Crippen molar-refractivity contribution in [2.75, 3.05) is 26.1 Å². The third-order valence-corrected chi connectivity index (χ3v) is 8.16. The second-order valence-electron chi connectivity index (χ2n) is 8.16.